The number of hydrogen-bond acceptors (Lipinski definition) is 7. The zero-order chi connectivity index (χ0) is 18.4. The fourth-order valence-electron chi connectivity index (χ4n) is 2.32. The van der Waals surface area contributed by atoms with Crippen LogP contribution < -0.4 is 29.1 Å². The average Bonchev–Trinajstić information content (AvgIpc) is 3.14. The van der Waals surface area contributed by atoms with Gasteiger partial charge in [-0.15, -0.1) is 0 Å². The van der Waals surface area contributed by atoms with E-state index in [0.29, 0.717) is 34.3 Å². The number of fused-ring (bicyclic) bond motifs is 1. The first kappa shape index (κ1) is 17.4. The third-order valence-corrected chi connectivity index (χ3v) is 3.51. The van der Waals surface area contributed by atoms with E-state index in [1.807, 2.05) is 6.07 Å². The highest BCUT2D eigenvalue weighted by Gasteiger charge is 2.19. The lowest BCUT2D eigenvalue weighted by atomic mass is 10.2. The van der Waals surface area contributed by atoms with Crippen LogP contribution in [0.3, 0.4) is 0 Å². The van der Waals surface area contributed by atoms with Crippen molar-refractivity contribution in [3.63, 3.8) is 0 Å². The standard InChI is InChI=1S/C18H18N2O6/c1-22-13-5-3-4-6-14(13)24-10-17(21)20-19-9-12-7-15(23-2)18-16(8-12)25-11-26-18/h3-9H,10-11H2,1-2H3,(H,20,21)/b19-9-. The third-order valence-electron chi connectivity index (χ3n) is 3.51. The van der Waals surface area contributed by atoms with Crippen LogP contribution in [0.2, 0.25) is 0 Å². The van der Waals surface area contributed by atoms with Gasteiger partial charge in [0.15, 0.2) is 29.6 Å². The number of para-hydroxylation sites is 2. The van der Waals surface area contributed by atoms with Crippen LogP contribution in [0.4, 0.5) is 0 Å². The van der Waals surface area contributed by atoms with E-state index in [2.05, 4.69) is 10.5 Å². The average molecular weight is 358 g/mol. The number of rotatable bonds is 7. The van der Waals surface area contributed by atoms with Gasteiger partial charge in [-0.1, -0.05) is 12.1 Å². The number of methoxy groups -OCH3 is 2. The van der Waals surface area contributed by atoms with Gasteiger partial charge in [0.1, 0.15) is 0 Å². The second kappa shape index (κ2) is 8.11. The van der Waals surface area contributed by atoms with Crippen LogP contribution in [0, 0.1) is 0 Å². The second-order valence-electron chi connectivity index (χ2n) is 5.19. The highest BCUT2D eigenvalue weighted by molar-refractivity contribution is 5.84. The second-order valence-corrected chi connectivity index (χ2v) is 5.19. The van der Waals surface area contributed by atoms with E-state index in [-0.39, 0.29) is 13.4 Å². The van der Waals surface area contributed by atoms with Crippen molar-refractivity contribution in [3.8, 4) is 28.7 Å². The number of carbonyl (C=O) groups is 1. The highest BCUT2D eigenvalue weighted by atomic mass is 16.7. The molecule has 0 aromatic heterocycles. The molecule has 136 valence electrons. The fraction of sp³-hybridized carbons (Fsp3) is 0.222. The van der Waals surface area contributed by atoms with Gasteiger partial charge < -0.3 is 23.7 Å². The van der Waals surface area contributed by atoms with Crippen molar-refractivity contribution < 1.29 is 28.5 Å². The van der Waals surface area contributed by atoms with Crippen LogP contribution in [0.1, 0.15) is 5.56 Å². The molecule has 3 rings (SSSR count). The van der Waals surface area contributed by atoms with Gasteiger partial charge in [-0.2, -0.15) is 5.10 Å². The molecule has 1 heterocycles. The molecule has 1 aliphatic rings. The van der Waals surface area contributed by atoms with E-state index in [1.165, 1.54) is 20.4 Å². The van der Waals surface area contributed by atoms with Crippen LogP contribution >= 0.6 is 0 Å². The maximum atomic E-state index is 11.9. The summed E-state index contributed by atoms with van der Waals surface area (Å²) in [5, 5.41) is 3.91. The zero-order valence-electron chi connectivity index (χ0n) is 14.4. The first-order valence-corrected chi connectivity index (χ1v) is 7.76. The van der Waals surface area contributed by atoms with E-state index >= 15 is 0 Å². The summed E-state index contributed by atoms with van der Waals surface area (Å²) in [5.74, 6) is 2.29. The number of carbonyl (C=O) groups excluding carboxylic acids is 1. The summed E-state index contributed by atoms with van der Waals surface area (Å²) in [5.41, 5.74) is 3.09. The number of ether oxygens (including phenoxy) is 5. The molecule has 1 aliphatic heterocycles. The number of hydrazone groups is 1. The summed E-state index contributed by atoms with van der Waals surface area (Å²) in [6, 6.07) is 10.5. The monoisotopic (exact) mass is 358 g/mol. The molecule has 2 aromatic rings. The molecule has 0 bridgehead atoms. The lowest BCUT2D eigenvalue weighted by molar-refractivity contribution is -0.123. The summed E-state index contributed by atoms with van der Waals surface area (Å²) in [7, 11) is 3.07. The van der Waals surface area contributed by atoms with Crippen molar-refractivity contribution in [2.45, 2.75) is 0 Å². The topological polar surface area (TPSA) is 87.6 Å². The Hall–Kier alpha value is -3.42. The molecule has 0 fully saturated rings. The fourth-order valence-corrected chi connectivity index (χ4v) is 2.32. The summed E-state index contributed by atoms with van der Waals surface area (Å²) >= 11 is 0. The Bertz CT molecular complexity index is 821. The smallest absolute Gasteiger partial charge is 0.277 e. The predicted molar refractivity (Wildman–Crippen MR) is 93.3 cm³/mol. The van der Waals surface area contributed by atoms with Crippen LogP contribution in [0.5, 0.6) is 28.7 Å². The predicted octanol–water partition coefficient (Wildman–Crippen LogP) is 1.96. The van der Waals surface area contributed by atoms with Crippen molar-refractivity contribution in [2.75, 3.05) is 27.6 Å². The molecule has 1 amide bonds. The SMILES string of the molecule is COc1ccccc1OCC(=O)N/N=C\c1cc(OC)c2c(c1)OCO2. The molecule has 8 heteroatoms. The number of benzene rings is 2. The van der Waals surface area contributed by atoms with Crippen molar-refractivity contribution in [2.24, 2.45) is 5.10 Å². The van der Waals surface area contributed by atoms with E-state index in [9.17, 15) is 4.79 Å². The summed E-state index contributed by atoms with van der Waals surface area (Å²) < 4.78 is 26.5. The molecule has 2 aromatic carbocycles. The molecule has 0 saturated heterocycles. The summed E-state index contributed by atoms with van der Waals surface area (Å²) in [4.78, 5) is 11.9. The van der Waals surface area contributed by atoms with Crippen LogP contribution in [0.15, 0.2) is 41.5 Å². The Balaban J connectivity index is 1.56. The Morgan fingerprint density at radius 1 is 1.15 bits per heavy atom. The van der Waals surface area contributed by atoms with Gasteiger partial charge in [-0.05, 0) is 24.3 Å². The first-order chi connectivity index (χ1) is 12.7. The lowest BCUT2D eigenvalue weighted by Gasteiger charge is -2.09. The molecule has 0 saturated carbocycles. The van der Waals surface area contributed by atoms with Crippen molar-refractivity contribution in [1.29, 1.82) is 0 Å². The molecule has 1 N–H and O–H groups in total. The van der Waals surface area contributed by atoms with Gasteiger partial charge in [0.25, 0.3) is 5.91 Å². The molecular formula is C18H18N2O6. The maximum absolute atomic E-state index is 11.9. The largest absolute Gasteiger partial charge is 0.493 e. The zero-order valence-corrected chi connectivity index (χ0v) is 14.4. The van der Waals surface area contributed by atoms with Crippen molar-refractivity contribution >= 4 is 12.1 Å². The van der Waals surface area contributed by atoms with Crippen LogP contribution in [0.25, 0.3) is 0 Å². The third kappa shape index (κ3) is 3.97. The Morgan fingerprint density at radius 3 is 2.69 bits per heavy atom. The number of nitrogens with one attached hydrogen (secondary N) is 1. The molecule has 0 atom stereocenters. The molecule has 0 aliphatic carbocycles. The molecule has 26 heavy (non-hydrogen) atoms. The van der Waals surface area contributed by atoms with Crippen LogP contribution in [-0.2, 0) is 4.79 Å². The first-order valence-electron chi connectivity index (χ1n) is 7.76. The van der Waals surface area contributed by atoms with Gasteiger partial charge in [-0.25, -0.2) is 5.43 Å². The van der Waals surface area contributed by atoms with Crippen LogP contribution in [-0.4, -0.2) is 39.7 Å². The number of nitrogens with zero attached hydrogens (tertiary/aromatic N) is 1. The van der Waals surface area contributed by atoms with Crippen molar-refractivity contribution in [1.82, 2.24) is 5.43 Å². The molecule has 0 spiro atoms. The van der Waals surface area contributed by atoms with E-state index in [0.717, 1.165) is 0 Å². The molecule has 0 unspecified atom stereocenters. The molecule has 8 nitrogen and oxygen atoms in total. The minimum absolute atomic E-state index is 0.142. The Morgan fingerprint density at radius 2 is 1.92 bits per heavy atom. The van der Waals surface area contributed by atoms with E-state index in [4.69, 9.17) is 23.7 Å². The van der Waals surface area contributed by atoms with Gasteiger partial charge >= 0.3 is 0 Å². The lowest BCUT2D eigenvalue weighted by Crippen LogP contribution is -2.24. The quantitative estimate of drug-likeness (QED) is 0.601. The summed E-state index contributed by atoms with van der Waals surface area (Å²) in [6.45, 7) is -0.0501. The normalized spacial score (nSPS) is 12.1. The number of amides is 1. The van der Waals surface area contributed by atoms with Gasteiger partial charge in [0.05, 0.1) is 20.4 Å². The van der Waals surface area contributed by atoms with Gasteiger partial charge in [-0.3, -0.25) is 4.79 Å². The molecular weight excluding hydrogens is 340 g/mol. The Kier molecular flexibility index (Phi) is 5.43. The number of hydrogen-bond donors (Lipinski definition) is 1. The minimum Gasteiger partial charge on any atom is -0.493 e. The molecule has 0 radical (unpaired) electrons. The Labute approximate surface area is 150 Å². The summed E-state index contributed by atoms with van der Waals surface area (Å²) in [6.07, 6.45) is 1.48. The van der Waals surface area contributed by atoms with Gasteiger partial charge in [0.2, 0.25) is 12.5 Å². The van der Waals surface area contributed by atoms with Gasteiger partial charge in [0, 0.05) is 5.56 Å². The van der Waals surface area contributed by atoms with E-state index in [1.54, 1.807) is 30.3 Å². The minimum atomic E-state index is -0.403. The van der Waals surface area contributed by atoms with Crippen molar-refractivity contribution in [3.05, 3.63) is 42.0 Å². The van der Waals surface area contributed by atoms with E-state index < -0.39 is 5.91 Å². The highest BCUT2D eigenvalue weighted by Crippen LogP contribution is 2.41. The maximum Gasteiger partial charge on any atom is 0.277 e.